The fourth-order valence-corrected chi connectivity index (χ4v) is 1.48. The Hall–Kier alpha value is -0.400. The molecule has 0 aromatic heterocycles. The first-order chi connectivity index (χ1) is 4.79. The summed E-state index contributed by atoms with van der Waals surface area (Å²) in [7, 11) is 0. The minimum atomic E-state index is 0.322. The van der Waals surface area contributed by atoms with Crippen LogP contribution in [0, 0.1) is 0 Å². The quantitative estimate of drug-likeness (QED) is 0.474. The lowest BCUT2D eigenvalue weighted by Crippen LogP contribution is -1.80. The molecule has 0 heterocycles. The second kappa shape index (κ2) is 5.39. The van der Waals surface area contributed by atoms with Gasteiger partial charge < -0.3 is 0 Å². The van der Waals surface area contributed by atoms with E-state index in [0.29, 0.717) is 9.81 Å². The van der Waals surface area contributed by atoms with E-state index in [2.05, 4.69) is 0 Å². The van der Waals surface area contributed by atoms with Crippen LogP contribution in [0.2, 0.25) is 0 Å². The van der Waals surface area contributed by atoms with Crippen LogP contribution in [-0.4, -0.2) is 24.4 Å². The van der Waals surface area contributed by atoms with Gasteiger partial charge in [-0.3, -0.25) is 0 Å². The number of carbonyl (C=O) groups excluding carboxylic acids is 2. The monoisotopic (exact) mass is 174 g/mol. The molecule has 10 heavy (non-hydrogen) atoms. The molecule has 4 heteroatoms. The normalized spacial score (nSPS) is 7.80. The SMILES string of the molecule is CSC(=C=O)C(=C=O)SC. The van der Waals surface area contributed by atoms with Gasteiger partial charge >= 0.3 is 0 Å². The number of hydrogen-bond acceptors (Lipinski definition) is 4. The van der Waals surface area contributed by atoms with E-state index in [9.17, 15) is 9.59 Å². The van der Waals surface area contributed by atoms with E-state index in [-0.39, 0.29) is 0 Å². The van der Waals surface area contributed by atoms with Gasteiger partial charge in [0.15, 0.2) is 0 Å². The molecule has 0 aliphatic rings. The first-order valence-corrected chi connectivity index (χ1v) is 4.83. The van der Waals surface area contributed by atoms with Gasteiger partial charge in [-0.05, 0) is 12.5 Å². The molecule has 0 amide bonds. The maximum Gasteiger partial charge on any atom is 0.141 e. The van der Waals surface area contributed by atoms with Gasteiger partial charge in [0.25, 0.3) is 0 Å². The molecular weight excluding hydrogens is 168 g/mol. The minimum Gasteiger partial charge on any atom is -0.232 e. The molecule has 0 fully saturated rings. The van der Waals surface area contributed by atoms with Crippen molar-refractivity contribution >= 4 is 35.4 Å². The van der Waals surface area contributed by atoms with Crippen LogP contribution in [0.4, 0.5) is 0 Å². The van der Waals surface area contributed by atoms with E-state index < -0.39 is 0 Å². The topological polar surface area (TPSA) is 34.1 Å². The van der Waals surface area contributed by atoms with Crippen molar-refractivity contribution in [3.63, 3.8) is 0 Å². The second-order valence-electron chi connectivity index (χ2n) is 1.27. The zero-order valence-electron chi connectivity index (χ0n) is 5.63. The summed E-state index contributed by atoms with van der Waals surface area (Å²) >= 11 is 2.40. The van der Waals surface area contributed by atoms with Gasteiger partial charge in [-0.25, -0.2) is 9.59 Å². The third-order valence-electron chi connectivity index (χ3n) is 0.800. The highest BCUT2D eigenvalue weighted by atomic mass is 32.2. The summed E-state index contributed by atoms with van der Waals surface area (Å²) < 4.78 is 0. The van der Waals surface area contributed by atoms with Crippen molar-refractivity contribution in [2.24, 2.45) is 0 Å². The van der Waals surface area contributed by atoms with Crippen molar-refractivity contribution in [3.05, 3.63) is 9.81 Å². The summed E-state index contributed by atoms with van der Waals surface area (Å²) in [6, 6.07) is 0. The van der Waals surface area contributed by atoms with Crippen molar-refractivity contribution in [1.29, 1.82) is 0 Å². The molecule has 0 aromatic rings. The number of rotatable bonds is 3. The Balaban J connectivity index is 4.60. The van der Waals surface area contributed by atoms with E-state index in [0.717, 1.165) is 0 Å². The summed E-state index contributed by atoms with van der Waals surface area (Å²) in [5, 5.41) is 0. The molecule has 0 spiro atoms. The molecular formula is C6H6O2S2. The van der Waals surface area contributed by atoms with Gasteiger partial charge in [0.05, 0.1) is 0 Å². The third kappa shape index (κ3) is 2.46. The minimum absolute atomic E-state index is 0.322. The van der Waals surface area contributed by atoms with Gasteiger partial charge in [0, 0.05) is 0 Å². The predicted molar refractivity (Wildman–Crippen MR) is 45.4 cm³/mol. The summed E-state index contributed by atoms with van der Waals surface area (Å²) in [5.74, 6) is 3.33. The van der Waals surface area contributed by atoms with E-state index in [1.807, 2.05) is 0 Å². The van der Waals surface area contributed by atoms with Crippen molar-refractivity contribution in [2.75, 3.05) is 12.5 Å². The van der Waals surface area contributed by atoms with Crippen LogP contribution in [0.3, 0.4) is 0 Å². The highest BCUT2D eigenvalue weighted by molar-refractivity contribution is 8.08. The molecule has 0 saturated carbocycles. The molecule has 54 valence electrons. The lowest BCUT2D eigenvalue weighted by atomic mass is 10.6. The first kappa shape index (κ1) is 9.60. The van der Waals surface area contributed by atoms with Gasteiger partial charge in [-0.15, -0.1) is 23.5 Å². The average Bonchev–Trinajstić information content (AvgIpc) is 2.00. The molecule has 0 radical (unpaired) electrons. The van der Waals surface area contributed by atoms with Crippen LogP contribution in [-0.2, 0) is 9.59 Å². The van der Waals surface area contributed by atoms with Crippen molar-refractivity contribution in [1.82, 2.24) is 0 Å². The average molecular weight is 174 g/mol. The Labute approximate surface area is 67.8 Å². The molecule has 0 aliphatic heterocycles. The molecule has 0 aromatic carbocycles. The summed E-state index contributed by atoms with van der Waals surface area (Å²) in [4.78, 5) is 20.8. The molecule has 0 N–H and O–H groups in total. The zero-order chi connectivity index (χ0) is 7.98. The Morgan fingerprint density at radius 2 is 1.30 bits per heavy atom. The highest BCUT2D eigenvalue weighted by Gasteiger charge is 2.03. The van der Waals surface area contributed by atoms with E-state index in [1.54, 1.807) is 24.4 Å². The van der Waals surface area contributed by atoms with Crippen LogP contribution in [0.15, 0.2) is 9.81 Å². The molecule has 0 aliphatic carbocycles. The predicted octanol–water partition coefficient (Wildman–Crippen LogP) is 1.14. The smallest absolute Gasteiger partial charge is 0.141 e. The Kier molecular flexibility index (Phi) is 5.17. The lowest BCUT2D eigenvalue weighted by molar-refractivity contribution is 0.566. The van der Waals surface area contributed by atoms with E-state index >= 15 is 0 Å². The lowest BCUT2D eigenvalue weighted by Gasteiger charge is -1.93. The second-order valence-corrected chi connectivity index (χ2v) is 2.90. The van der Waals surface area contributed by atoms with Crippen molar-refractivity contribution in [3.8, 4) is 0 Å². The largest absolute Gasteiger partial charge is 0.232 e. The molecule has 0 bridgehead atoms. The summed E-state index contributed by atoms with van der Waals surface area (Å²) in [6.45, 7) is 0. The third-order valence-corrected chi connectivity index (χ3v) is 2.32. The standard InChI is InChI=1S/C6H6O2S2/c1-9-5(3-7)6(4-8)10-2/h1-2H3. The maximum absolute atomic E-state index is 10.1. The van der Waals surface area contributed by atoms with Crippen LogP contribution in [0.1, 0.15) is 0 Å². The number of hydrogen-bond donors (Lipinski definition) is 0. The Morgan fingerprint density at radius 3 is 1.40 bits per heavy atom. The van der Waals surface area contributed by atoms with Crippen molar-refractivity contribution < 1.29 is 9.59 Å². The molecule has 0 unspecified atom stereocenters. The Morgan fingerprint density at radius 1 is 1.00 bits per heavy atom. The van der Waals surface area contributed by atoms with Gasteiger partial charge in [-0.1, -0.05) is 0 Å². The van der Waals surface area contributed by atoms with Crippen LogP contribution < -0.4 is 0 Å². The Bertz CT molecular complexity index is 186. The summed E-state index contributed by atoms with van der Waals surface area (Å²) in [6.07, 6.45) is 3.43. The fraction of sp³-hybridized carbons (Fsp3) is 0.333. The molecule has 2 nitrogen and oxygen atoms in total. The highest BCUT2D eigenvalue weighted by Crippen LogP contribution is 2.23. The summed E-state index contributed by atoms with van der Waals surface area (Å²) in [5.41, 5.74) is 0. The van der Waals surface area contributed by atoms with Crippen molar-refractivity contribution in [2.45, 2.75) is 0 Å². The van der Waals surface area contributed by atoms with Crippen LogP contribution in [0.5, 0.6) is 0 Å². The fourth-order valence-electron chi connectivity index (χ4n) is 0.361. The van der Waals surface area contributed by atoms with E-state index in [1.165, 1.54) is 23.5 Å². The van der Waals surface area contributed by atoms with Crippen LogP contribution >= 0.6 is 23.5 Å². The van der Waals surface area contributed by atoms with Crippen LogP contribution in [0.25, 0.3) is 0 Å². The van der Waals surface area contributed by atoms with Gasteiger partial charge in [-0.2, -0.15) is 0 Å². The zero-order valence-corrected chi connectivity index (χ0v) is 7.27. The molecule has 0 atom stereocenters. The molecule has 0 rings (SSSR count). The number of thioether (sulfide) groups is 2. The van der Waals surface area contributed by atoms with Gasteiger partial charge in [0.2, 0.25) is 0 Å². The van der Waals surface area contributed by atoms with Gasteiger partial charge in [0.1, 0.15) is 21.7 Å². The molecule has 0 saturated heterocycles. The van der Waals surface area contributed by atoms with E-state index in [4.69, 9.17) is 0 Å². The first-order valence-electron chi connectivity index (χ1n) is 2.38. The maximum atomic E-state index is 10.1.